The van der Waals surface area contributed by atoms with Gasteiger partial charge in [0.25, 0.3) is 0 Å². The van der Waals surface area contributed by atoms with Gasteiger partial charge in [-0.25, -0.2) is 0 Å². The van der Waals surface area contributed by atoms with E-state index in [1.807, 2.05) is 6.92 Å². The number of rotatable bonds is 4. The van der Waals surface area contributed by atoms with Gasteiger partial charge in [-0.15, -0.1) is 0 Å². The van der Waals surface area contributed by atoms with Gasteiger partial charge in [0.2, 0.25) is 0 Å². The zero-order valence-corrected chi connectivity index (χ0v) is 10.9. The molecule has 0 N–H and O–H groups in total. The van der Waals surface area contributed by atoms with Crippen molar-refractivity contribution in [3.05, 3.63) is 36.0 Å². The second kappa shape index (κ2) is 7.45. The molecule has 0 aliphatic carbocycles. The summed E-state index contributed by atoms with van der Waals surface area (Å²) in [6.07, 6.45) is 14.6. The Hall–Kier alpha value is -0.820. The summed E-state index contributed by atoms with van der Waals surface area (Å²) in [7, 11) is 2.22. The summed E-state index contributed by atoms with van der Waals surface area (Å²) in [5.74, 6) is 0.905. The average Bonchev–Trinajstić information content (AvgIpc) is 2.28. The molecular weight excluding hydrogens is 194 g/mol. The van der Waals surface area contributed by atoms with Crippen LogP contribution in [0.4, 0.5) is 0 Å². The van der Waals surface area contributed by atoms with Gasteiger partial charge in [0.15, 0.2) is 0 Å². The van der Waals surface area contributed by atoms with E-state index in [2.05, 4.69) is 49.3 Å². The standard InChI is InChI=1S/C15H25N/c1-4-5-6-7-8-14(2)13-15-9-11-16(3)12-10-15/h4-8,15H,9-13H2,1-3H3/b5-4-,7-6-,14-8+. The van der Waals surface area contributed by atoms with E-state index >= 15 is 0 Å². The second-order valence-corrected chi connectivity index (χ2v) is 4.87. The lowest BCUT2D eigenvalue weighted by Gasteiger charge is -2.29. The highest BCUT2D eigenvalue weighted by Crippen LogP contribution is 2.23. The lowest BCUT2D eigenvalue weighted by molar-refractivity contribution is 0.219. The van der Waals surface area contributed by atoms with E-state index in [-0.39, 0.29) is 0 Å². The van der Waals surface area contributed by atoms with E-state index in [9.17, 15) is 0 Å². The Bertz CT molecular complexity index is 265. The van der Waals surface area contributed by atoms with Crippen LogP contribution >= 0.6 is 0 Å². The summed E-state index contributed by atoms with van der Waals surface area (Å²) in [5, 5.41) is 0. The smallest absolute Gasteiger partial charge is 0.00190 e. The van der Waals surface area contributed by atoms with Crippen LogP contribution in [0.5, 0.6) is 0 Å². The number of hydrogen-bond donors (Lipinski definition) is 0. The van der Waals surface area contributed by atoms with Crippen LogP contribution in [0.15, 0.2) is 36.0 Å². The average molecular weight is 219 g/mol. The van der Waals surface area contributed by atoms with Gasteiger partial charge >= 0.3 is 0 Å². The quantitative estimate of drug-likeness (QED) is 0.650. The van der Waals surface area contributed by atoms with Crippen molar-refractivity contribution in [1.29, 1.82) is 0 Å². The van der Waals surface area contributed by atoms with Crippen LogP contribution in [-0.4, -0.2) is 25.0 Å². The zero-order valence-electron chi connectivity index (χ0n) is 10.9. The Labute approximate surface area is 101 Å². The summed E-state index contributed by atoms with van der Waals surface area (Å²) in [4.78, 5) is 2.43. The SMILES string of the molecule is C\C=C/C=C\C=C(/C)CC1CCN(C)CC1. The fourth-order valence-corrected chi connectivity index (χ4v) is 2.18. The molecule has 0 bridgehead atoms. The first-order chi connectivity index (χ1) is 7.72. The molecule has 0 atom stereocenters. The van der Waals surface area contributed by atoms with Gasteiger partial charge in [-0.2, -0.15) is 0 Å². The predicted molar refractivity (Wildman–Crippen MR) is 72.5 cm³/mol. The second-order valence-electron chi connectivity index (χ2n) is 4.87. The normalized spacial score (nSPS) is 21.3. The Morgan fingerprint density at radius 2 is 1.88 bits per heavy atom. The third kappa shape index (κ3) is 5.32. The molecular formula is C15H25N. The molecule has 0 amide bonds. The van der Waals surface area contributed by atoms with Crippen molar-refractivity contribution in [2.75, 3.05) is 20.1 Å². The van der Waals surface area contributed by atoms with E-state index in [0.717, 1.165) is 5.92 Å². The summed E-state index contributed by atoms with van der Waals surface area (Å²) in [6, 6.07) is 0. The fraction of sp³-hybridized carbons (Fsp3) is 0.600. The van der Waals surface area contributed by atoms with Gasteiger partial charge in [0, 0.05) is 0 Å². The van der Waals surface area contributed by atoms with Crippen LogP contribution in [0.3, 0.4) is 0 Å². The molecule has 0 aromatic heterocycles. The van der Waals surface area contributed by atoms with E-state index in [1.165, 1.54) is 37.9 Å². The van der Waals surface area contributed by atoms with Gasteiger partial charge in [0.1, 0.15) is 0 Å². The molecule has 0 unspecified atom stereocenters. The largest absolute Gasteiger partial charge is 0.306 e. The highest BCUT2D eigenvalue weighted by Gasteiger charge is 2.16. The summed E-state index contributed by atoms with van der Waals surface area (Å²) in [6.45, 7) is 6.83. The van der Waals surface area contributed by atoms with Gasteiger partial charge in [-0.1, -0.05) is 36.0 Å². The summed E-state index contributed by atoms with van der Waals surface area (Å²) in [5.41, 5.74) is 1.51. The maximum Gasteiger partial charge on any atom is -0.00190 e. The van der Waals surface area contributed by atoms with E-state index in [0.29, 0.717) is 0 Å². The molecule has 1 saturated heterocycles. The zero-order chi connectivity index (χ0) is 11.8. The molecule has 1 aliphatic rings. The van der Waals surface area contributed by atoms with Crippen LogP contribution in [0.25, 0.3) is 0 Å². The Morgan fingerprint density at radius 1 is 1.19 bits per heavy atom. The number of allylic oxidation sites excluding steroid dienone is 6. The topological polar surface area (TPSA) is 3.24 Å². The molecule has 90 valence electrons. The van der Waals surface area contributed by atoms with Gasteiger partial charge in [-0.05, 0) is 59.2 Å². The highest BCUT2D eigenvalue weighted by molar-refractivity contribution is 5.15. The van der Waals surface area contributed by atoms with Crippen molar-refractivity contribution in [3.8, 4) is 0 Å². The molecule has 0 aromatic carbocycles. The van der Waals surface area contributed by atoms with Crippen LogP contribution in [0.2, 0.25) is 0 Å². The third-order valence-electron chi connectivity index (χ3n) is 3.24. The van der Waals surface area contributed by atoms with Gasteiger partial charge < -0.3 is 4.90 Å². The van der Waals surface area contributed by atoms with Crippen LogP contribution in [-0.2, 0) is 0 Å². The molecule has 16 heavy (non-hydrogen) atoms. The lowest BCUT2D eigenvalue weighted by atomic mass is 9.90. The first-order valence-electron chi connectivity index (χ1n) is 6.36. The van der Waals surface area contributed by atoms with Crippen LogP contribution < -0.4 is 0 Å². The molecule has 1 rings (SSSR count). The predicted octanol–water partition coefficient (Wildman–Crippen LogP) is 3.80. The van der Waals surface area contributed by atoms with E-state index in [1.54, 1.807) is 0 Å². The first-order valence-corrected chi connectivity index (χ1v) is 6.36. The van der Waals surface area contributed by atoms with E-state index in [4.69, 9.17) is 0 Å². The third-order valence-corrected chi connectivity index (χ3v) is 3.24. The van der Waals surface area contributed by atoms with Crippen LogP contribution in [0.1, 0.15) is 33.1 Å². The minimum absolute atomic E-state index is 0.905. The first kappa shape index (κ1) is 13.2. The van der Waals surface area contributed by atoms with Crippen LogP contribution in [0, 0.1) is 5.92 Å². The molecule has 1 heteroatoms. The molecule has 1 heterocycles. The van der Waals surface area contributed by atoms with Crippen molar-refractivity contribution in [2.24, 2.45) is 5.92 Å². The maximum atomic E-state index is 2.43. The number of likely N-dealkylation sites (tertiary alicyclic amines) is 1. The highest BCUT2D eigenvalue weighted by atomic mass is 15.1. The molecule has 0 spiro atoms. The van der Waals surface area contributed by atoms with Crippen molar-refractivity contribution in [1.82, 2.24) is 4.90 Å². The van der Waals surface area contributed by atoms with Crippen molar-refractivity contribution in [3.63, 3.8) is 0 Å². The Kier molecular flexibility index (Phi) is 6.17. The van der Waals surface area contributed by atoms with Crippen molar-refractivity contribution in [2.45, 2.75) is 33.1 Å². The monoisotopic (exact) mass is 219 g/mol. The summed E-state index contributed by atoms with van der Waals surface area (Å²) >= 11 is 0. The minimum atomic E-state index is 0.905. The molecule has 1 fully saturated rings. The number of nitrogens with zero attached hydrogens (tertiary/aromatic N) is 1. The van der Waals surface area contributed by atoms with Crippen molar-refractivity contribution < 1.29 is 0 Å². The molecule has 0 saturated carbocycles. The van der Waals surface area contributed by atoms with Gasteiger partial charge in [-0.3, -0.25) is 0 Å². The molecule has 0 aromatic rings. The molecule has 1 aliphatic heterocycles. The maximum absolute atomic E-state index is 2.43. The Morgan fingerprint density at radius 3 is 2.50 bits per heavy atom. The molecule has 1 nitrogen and oxygen atoms in total. The number of hydrogen-bond acceptors (Lipinski definition) is 1. The van der Waals surface area contributed by atoms with E-state index < -0.39 is 0 Å². The summed E-state index contributed by atoms with van der Waals surface area (Å²) < 4.78 is 0. The minimum Gasteiger partial charge on any atom is -0.306 e. The Balaban J connectivity index is 2.30. The van der Waals surface area contributed by atoms with Gasteiger partial charge in [0.05, 0.1) is 0 Å². The fourth-order valence-electron chi connectivity index (χ4n) is 2.18. The molecule has 0 radical (unpaired) electrons. The van der Waals surface area contributed by atoms with Crippen molar-refractivity contribution >= 4 is 0 Å². The number of piperidine rings is 1. The lowest BCUT2D eigenvalue weighted by Crippen LogP contribution is -2.30.